The quantitative estimate of drug-likeness (QED) is 0.540. The third kappa shape index (κ3) is 4.44. The SMILES string of the molecule is CCOc1ccc(C(=O)O)cc1.O=[N+]([O-])c1ccc2cccnc2c1O. The summed E-state index contributed by atoms with van der Waals surface area (Å²) in [5.41, 5.74) is 0.205. The predicted molar refractivity (Wildman–Crippen MR) is 94.6 cm³/mol. The summed E-state index contributed by atoms with van der Waals surface area (Å²) in [6.07, 6.45) is 1.48. The van der Waals surface area contributed by atoms with E-state index in [-0.39, 0.29) is 22.5 Å². The Morgan fingerprint density at radius 3 is 2.46 bits per heavy atom. The first-order valence-electron chi connectivity index (χ1n) is 7.61. The number of carboxylic acids is 1. The second-order valence-corrected chi connectivity index (χ2v) is 5.03. The topological polar surface area (TPSA) is 123 Å². The number of aromatic carboxylic acids is 1. The van der Waals surface area contributed by atoms with E-state index in [1.54, 1.807) is 30.3 Å². The fourth-order valence-electron chi connectivity index (χ4n) is 2.13. The van der Waals surface area contributed by atoms with Gasteiger partial charge >= 0.3 is 11.7 Å². The summed E-state index contributed by atoms with van der Waals surface area (Å²) in [6, 6.07) is 12.6. The van der Waals surface area contributed by atoms with E-state index in [4.69, 9.17) is 9.84 Å². The number of fused-ring (bicyclic) bond motifs is 1. The molecule has 134 valence electrons. The molecule has 0 bridgehead atoms. The third-order valence-corrected chi connectivity index (χ3v) is 3.34. The largest absolute Gasteiger partial charge is 0.501 e. The molecule has 8 nitrogen and oxygen atoms in total. The number of carbonyl (C=O) groups is 1. The molecule has 26 heavy (non-hydrogen) atoms. The van der Waals surface area contributed by atoms with Crippen molar-refractivity contribution in [1.29, 1.82) is 0 Å². The Kier molecular flexibility index (Phi) is 6.05. The van der Waals surface area contributed by atoms with Crippen LogP contribution in [0, 0.1) is 10.1 Å². The van der Waals surface area contributed by atoms with Gasteiger partial charge in [0.15, 0.2) is 0 Å². The van der Waals surface area contributed by atoms with Crippen molar-refractivity contribution in [3.8, 4) is 11.5 Å². The van der Waals surface area contributed by atoms with Gasteiger partial charge in [0.1, 0.15) is 11.3 Å². The van der Waals surface area contributed by atoms with Gasteiger partial charge in [0.05, 0.1) is 17.1 Å². The second kappa shape index (κ2) is 8.43. The molecule has 0 saturated heterocycles. The number of hydrogen-bond acceptors (Lipinski definition) is 6. The van der Waals surface area contributed by atoms with Gasteiger partial charge in [-0.25, -0.2) is 4.79 Å². The number of nitro groups is 1. The maximum absolute atomic E-state index is 10.5. The minimum atomic E-state index is -0.918. The van der Waals surface area contributed by atoms with E-state index in [1.165, 1.54) is 24.4 Å². The van der Waals surface area contributed by atoms with Gasteiger partial charge in [-0.15, -0.1) is 0 Å². The molecule has 3 rings (SSSR count). The van der Waals surface area contributed by atoms with E-state index >= 15 is 0 Å². The van der Waals surface area contributed by atoms with Crippen LogP contribution >= 0.6 is 0 Å². The number of aromatic hydroxyl groups is 1. The zero-order valence-electron chi connectivity index (χ0n) is 13.8. The van der Waals surface area contributed by atoms with Crippen molar-refractivity contribution in [3.63, 3.8) is 0 Å². The van der Waals surface area contributed by atoms with Gasteiger partial charge in [0, 0.05) is 17.6 Å². The van der Waals surface area contributed by atoms with Crippen molar-refractivity contribution in [2.24, 2.45) is 0 Å². The molecule has 0 unspecified atom stereocenters. The molecule has 0 aliphatic carbocycles. The molecule has 0 amide bonds. The van der Waals surface area contributed by atoms with Gasteiger partial charge in [-0.3, -0.25) is 15.1 Å². The summed E-state index contributed by atoms with van der Waals surface area (Å²) in [7, 11) is 0. The zero-order chi connectivity index (χ0) is 19.1. The fraction of sp³-hybridized carbons (Fsp3) is 0.111. The number of phenols is 1. The van der Waals surface area contributed by atoms with E-state index in [0.29, 0.717) is 17.7 Å². The fourth-order valence-corrected chi connectivity index (χ4v) is 2.13. The van der Waals surface area contributed by atoms with Crippen LogP contribution in [0.3, 0.4) is 0 Å². The highest BCUT2D eigenvalue weighted by atomic mass is 16.6. The molecule has 0 fully saturated rings. The van der Waals surface area contributed by atoms with Gasteiger partial charge in [-0.2, -0.15) is 0 Å². The van der Waals surface area contributed by atoms with Crippen molar-refractivity contribution >= 4 is 22.6 Å². The van der Waals surface area contributed by atoms with Crippen LogP contribution in [0.1, 0.15) is 17.3 Å². The summed E-state index contributed by atoms with van der Waals surface area (Å²) in [6.45, 7) is 2.47. The molecule has 0 aliphatic heterocycles. The Bertz CT molecular complexity index is 925. The lowest BCUT2D eigenvalue weighted by Gasteiger charge is -2.01. The summed E-state index contributed by atoms with van der Waals surface area (Å²) < 4.78 is 5.15. The number of ether oxygens (including phenoxy) is 1. The number of carboxylic acid groups (broad SMARTS) is 1. The summed E-state index contributed by atoms with van der Waals surface area (Å²) >= 11 is 0. The first kappa shape index (κ1) is 18.7. The lowest BCUT2D eigenvalue weighted by atomic mass is 10.2. The highest BCUT2D eigenvalue weighted by molar-refractivity contribution is 5.88. The minimum absolute atomic E-state index is 0.252. The van der Waals surface area contributed by atoms with E-state index in [9.17, 15) is 20.0 Å². The predicted octanol–water partition coefficient (Wildman–Crippen LogP) is 3.63. The van der Waals surface area contributed by atoms with Crippen molar-refractivity contribution in [2.75, 3.05) is 6.61 Å². The third-order valence-electron chi connectivity index (χ3n) is 3.34. The maximum Gasteiger partial charge on any atom is 0.335 e. The van der Waals surface area contributed by atoms with E-state index in [2.05, 4.69) is 4.98 Å². The van der Waals surface area contributed by atoms with E-state index in [0.717, 1.165) is 0 Å². The molecular weight excluding hydrogens is 340 g/mol. The smallest absolute Gasteiger partial charge is 0.335 e. The van der Waals surface area contributed by atoms with Gasteiger partial charge in [-0.05, 0) is 43.3 Å². The normalized spacial score (nSPS) is 9.88. The van der Waals surface area contributed by atoms with Crippen LogP contribution in [0.4, 0.5) is 5.69 Å². The lowest BCUT2D eigenvalue weighted by Crippen LogP contribution is -1.96. The molecular formula is C18H16N2O6. The standard InChI is InChI=1S/C9H6N2O3.C9H10O3/c12-9-7(11(13)14)4-3-6-2-1-5-10-8(6)9;1-2-12-8-5-3-7(4-6-8)9(10)11/h1-5,12H;3-6H,2H2,1H3,(H,10,11). The summed E-state index contributed by atoms with van der Waals surface area (Å²) in [5.74, 6) is -0.603. The van der Waals surface area contributed by atoms with Crippen molar-refractivity contribution in [1.82, 2.24) is 4.98 Å². The van der Waals surface area contributed by atoms with E-state index in [1.807, 2.05) is 6.92 Å². The van der Waals surface area contributed by atoms with Gasteiger partial charge < -0.3 is 14.9 Å². The molecule has 3 aromatic rings. The van der Waals surface area contributed by atoms with Gasteiger partial charge in [0.25, 0.3) is 0 Å². The average molecular weight is 356 g/mol. The van der Waals surface area contributed by atoms with Gasteiger partial charge in [-0.1, -0.05) is 6.07 Å². The van der Waals surface area contributed by atoms with Crippen LogP contribution in [0.2, 0.25) is 0 Å². The number of rotatable bonds is 4. The number of aromatic nitrogens is 1. The monoisotopic (exact) mass is 356 g/mol. The van der Waals surface area contributed by atoms with Crippen molar-refractivity contribution < 1.29 is 24.7 Å². The number of nitrogens with zero attached hydrogens (tertiary/aromatic N) is 2. The lowest BCUT2D eigenvalue weighted by molar-refractivity contribution is -0.385. The Labute approximate surface area is 148 Å². The van der Waals surface area contributed by atoms with Crippen LogP contribution in [0.25, 0.3) is 10.9 Å². The Hall–Kier alpha value is -3.68. The molecule has 1 heterocycles. The second-order valence-electron chi connectivity index (χ2n) is 5.03. The zero-order valence-corrected chi connectivity index (χ0v) is 13.8. The molecule has 2 N–H and O–H groups in total. The molecule has 0 radical (unpaired) electrons. The molecule has 1 aromatic heterocycles. The molecule has 2 aromatic carbocycles. The van der Waals surface area contributed by atoms with Crippen molar-refractivity contribution in [3.05, 3.63) is 70.4 Å². The van der Waals surface area contributed by atoms with Gasteiger partial charge in [0.2, 0.25) is 5.75 Å². The van der Waals surface area contributed by atoms with Crippen molar-refractivity contribution in [2.45, 2.75) is 6.92 Å². The first-order chi connectivity index (χ1) is 12.4. The Balaban J connectivity index is 0.000000190. The van der Waals surface area contributed by atoms with Crippen LogP contribution in [0.15, 0.2) is 54.7 Å². The molecule has 0 atom stereocenters. The number of benzene rings is 2. The van der Waals surface area contributed by atoms with Crippen LogP contribution < -0.4 is 4.74 Å². The molecule has 0 aliphatic rings. The first-order valence-corrected chi connectivity index (χ1v) is 7.61. The number of pyridine rings is 1. The summed E-state index contributed by atoms with van der Waals surface area (Å²) in [5, 5.41) is 29.2. The van der Waals surface area contributed by atoms with Crippen LogP contribution in [-0.2, 0) is 0 Å². The number of hydrogen-bond donors (Lipinski definition) is 2. The highest BCUT2D eigenvalue weighted by Gasteiger charge is 2.15. The average Bonchev–Trinajstić information content (AvgIpc) is 2.63. The number of phenolic OH excluding ortho intramolecular Hbond substituents is 1. The molecule has 0 spiro atoms. The summed E-state index contributed by atoms with van der Waals surface area (Å²) in [4.78, 5) is 24.1. The maximum atomic E-state index is 10.5. The Morgan fingerprint density at radius 1 is 1.19 bits per heavy atom. The van der Waals surface area contributed by atoms with Crippen LogP contribution in [0.5, 0.6) is 11.5 Å². The highest BCUT2D eigenvalue weighted by Crippen LogP contribution is 2.32. The molecule has 8 heteroatoms. The van der Waals surface area contributed by atoms with E-state index < -0.39 is 10.9 Å². The number of nitro benzene ring substituents is 1. The Morgan fingerprint density at radius 2 is 1.88 bits per heavy atom. The van der Waals surface area contributed by atoms with Crippen LogP contribution in [-0.4, -0.2) is 32.7 Å². The minimum Gasteiger partial charge on any atom is -0.501 e. The molecule has 0 saturated carbocycles.